The molecule has 0 bridgehead atoms. The van der Waals surface area contributed by atoms with Crippen LogP contribution >= 0.6 is 0 Å². The monoisotopic (exact) mass is 323 g/mol. The van der Waals surface area contributed by atoms with E-state index in [4.69, 9.17) is 14.0 Å². The zero-order chi connectivity index (χ0) is 16.1. The molecule has 2 aliphatic rings. The van der Waals surface area contributed by atoms with Gasteiger partial charge in [0.1, 0.15) is 0 Å². The van der Waals surface area contributed by atoms with Crippen LogP contribution in [0.25, 0.3) is 0 Å². The highest BCUT2D eigenvalue weighted by Gasteiger charge is 2.39. The van der Waals surface area contributed by atoms with Gasteiger partial charge in [0.15, 0.2) is 5.76 Å². The van der Waals surface area contributed by atoms with Crippen molar-refractivity contribution >= 4 is 0 Å². The Kier molecular flexibility index (Phi) is 5.69. The van der Waals surface area contributed by atoms with E-state index in [9.17, 15) is 0 Å². The molecule has 6 heteroatoms. The Morgan fingerprint density at radius 1 is 1.26 bits per heavy atom. The topological polar surface area (TPSA) is 59.8 Å². The van der Waals surface area contributed by atoms with Crippen LogP contribution < -0.4 is 5.32 Å². The van der Waals surface area contributed by atoms with E-state index in [0.717, 1.165) is 70.5 Å². The molecule has 2 saturated heterocycles. The molecule has 0 spiro atoms. The van der Waals surface area contributed by atoms with Crippen molar-refractivity contribution in [2.45, 2.75) is 38.8 Å². The SMILES string of the molecule is CC(C)CCNC1(Cc2cc(CN3CCOCC3)on2)COC1. The van der Waals surface area contributed by atoms with Crippen LogP contribution in [-0.4, -0.2) is 61.7 Å². The van der Waals surface area contributed by atoms with E-state index in [1.165, 1.54) is 6.42 Å². The van der Waals surface area contributed by atoms with Crippen molar-refractivity contribution in [3.63, 3.8) is 0 Å². The zero-order valence-corrected chi connectivity index (χ0v) is 14.3. The lowest BCUT2D eigenvalue weighted by Crippen LogP contribution is -2.62. The Labute approximate surface area is 138 Å². The minimum Gasteiger partial charge on any atom is -0.379 e. The molecule has 0 radical (unpaired) electrons. The van der Waals surface area contributed by atoms with Crippen LogP contribution in [0.1, 0.15) is 31.7 Å². The lowest BCUT2D eigenvalue weighted by molar-refractivity contribution is -0.0747. The molecule has 0 unspecified atom stereocenters. The van der Waals surface area contributed by atoms with E-state index < -0.39 is 0 Å². The first-order chi connectivity index (χ1) is 11.2. The van der Waals surface area contributed by atoms with E-state index >= 15 is 0 Å². The van der Waals surface area contributed by atoms with Crippen LogP contribution in [0.3, 0.4) is 0 Å². The Morgan fingerprint density at radius 3 is 2.70 bits per heavy atom. The van der Waals surface area contributed by atoms with Gasteiger partial charge in [0.05, 0.1) is 44.2 Å². The van der Waals surface area contributed by atoms with Crippen molar-refractivity contribution in [1.29, 1.82) is 0 Å². The van der Waals surface area contributed by atoms with Crippen molar-refractivity contribution in [1.82, 2.24) is 15.4 Å². The zero-order valence-electron chi connectivity index (χ0n) is 14.3. The van der Waals surface area contributed by atoms with Gasteiger partial charge < -0.3 is 19.3 Å². The molecular weight excluding hydrogens is 294 g/mol. The van der Waals surface area contributed by atoms with E-state index in [2.05, 4.69) is 35.3 Å². The summed E-state index contributed by atoms with van der Waals surface area (Å²) < 4.78 is 16.4. The van der Waals surface area contributed by atoms with Crippen LogP contribution in [0, 0.1) is 5.92 Å². The van der Waals surface area contributed by atoms with Gasteiger partial charge in [-0.25, -0.2) is 0 Å². The third-order valence-electron chi connectivity index (χ3n) is 4.59. The molecule has 0 amide bonds. The second-order valence-electron chi connectivity index (χ2n) is 7.23. The smallest absolute Gasteiger partial charge is 0.150 e. The van der Waals surface area contributed by atoms with Gasteiger partial charge in [-0.05, 0) is 18.9 Å². The van der Waals surface area contributed by atoms with Gasteiger partial charge in [-0.3, -0.25) is 4.90 Å². The predicted octanol–water partition coefficient (Wildman–Crippen LogP) is 1.45. The lowest BCUT2D eigenvalue weighted by Gasteiger charge is -2.42. The minimum absolute atomic E-state index is 0.0436. The van der Waals surface area contributed by atoms with Gasteiger partial charge in [-0.2, -0.15) is 0 Å². The quantitative estimate of drug-likeness (QED) is 0.781. The lowest BCUT2D eigenvalue weighted by atomic mass is 9.90. The standard InChI is InChI=1S/C17H29N3O3/c1-14(2)3-4-18-17(12-22-13-17)10-15-9-16(23-19-15)11-20-5-7-21-8-6-20/h9,14,18H,3-8,10-13H2,1-2H3. The second-order valence-corrected chi connectivity index (χ2v) is 7.23. The maximum Gasteiger partial charge on any atom is 0.150 e. The average Bonchev–Trinajstić information content (AvgIpc) is 2.92. The summed E-state index contributed by atoms with van der Waals surface area (Å²) in [6.45, 7) is 11.4. The molecule has 1 aromatic rings. The van der Waals surface area contributed by atoms with Gasteiger partial charge in [0.25, 0.3) is 0 Å². The molecule has 3 rings (SSSR count). The molecular formula is C17H29N3O3. The summed E-state index contributed by atoms with van der Waals surface area (Å²) >= 11 is 0. The van der Waals surface area contributed by atoms with Crippen LogP contribution in [0.4, 0.5) is 0 Å². The van der Waals surface area contributed by atoms with Crippen LogP contribution in [0.2, 0.25) is 0 Å². The first-order valence-electron chi connectivity index (χ1n) is 8.73. The molecule has 23 heavy (non-hydrogen) atoms. The van der Waals surface area contributed by atoms with Crippen LogP contribution in [0.5, 0.6) is 0 Å². The number of hydrogen-bond donors (Lipinski definition) is 1. The summed E-state index contributed by atoms with van der Waals surface area (Å²) in [5.74, 6) is 1.66. The van der Waals surface area contributed by atoms with Crippen molar-refractivity contribution in [3.05, 3.63) is 17.5 Å². The first-order valence-corrected chi connectivity index (χ1v) is 8.73. The third-order valence-corrected chi connectivity index (χ3v) is 4.59. The maximum absolute atomic E-state index is 5.52. The summed E-state index contributed by atoms with van der Waals surface area (Å²) in [7, 11) is 0. The van der Waals surface area contributed by atoms with Crippen molar-refractivity contribution in [3.8, 4) is 0 Å². The summed E-state index contributed by atoms with van der Waals surface area (Å²) in [5.41, 5.74) is 1.07. The highest BCUT2D eigenvalue weighted by atomic mass is 16.5. The largest absolute Gasteiger partial charge is 0.379 e. The number of morpholine rings is 1. The molecule has 0 atom stereocenters. The highest BCUT2D eigenvalue weighted by Crippen LogP contribution is 2.23. The summed E-state index contributed by atoms with van der Waals surface area (Å²) in [4.78, 5) is 2.34. The molecule has 6 nitrogen and oxygen atoms in total. The van der Waals surface area contributed by atoms with E-state index in [-0.39, 0.29) is 5.54 Å². The number of ether oxygens (including phenoxy) is 2. The second kappa shape index (κ2) is 7.75. The first kappa shape index (κ1) is 16.9. The maximum atomic E-state index is 5.52. The van der Waals surface area contributed by atoms with Crippen molar-refractivity contribution < 1.29 is 14.0 Å². The van der Waals surface area contributed by atoms with Gasteiger partial charge >= 0.3 is 0 Å². The molecule has 2 fully saturated rings. The summed E-state index contributed by atoms with van der Waals surface area (Å²) in [6.07, 6.45) is 2.06. The Bertz CT molecular complexity index is 479. The number of aromatic nitrogens is 1. The number of rotatable bonds is 8. The molecule has 2 aliphatic heterocycles. The van der Waals surface area contributed by atoms with Crippen molar-refractivity contribution in [2.75, 3.05) is 46.1 Å². The molecule has 0 aliphatic carbocycles. The molecule has 130 valence electrons. The average molecular weight is 323 g/mol. The Morgan fingerprint density at radius 2 is 2.04 bits per heavy atom. The van der Waals surface area contributed by atoms with E-state index in [0.29, 0.717) is 5.92 Å². The van der Waals surface area contributed by atoms with Gasteiger partial charge in [0, 0.05) is 25.6 Å². The van der Waals surface area contributed by atoms with Gasteiger partial charge in [0.2, 0.25) is 0 Å². The fraction of sp³-hybridized carbons (Fsp3) is 0.824. The number of hydrogen-bond acceptors (Lipinski definition) is 6. The fourth-order valence-electron chi connectivity index (χ4n) is 3.08. The minimum atomic E-state index is 0.0436. The summed E-state index contributed by atoms with van der Waals surface area (Å²) in [5, 5.41) is 7.93. The Hall–Kier alpha value is -0.950. The predicted molar refractivity (Wildman–Crippen MR) is 87.3 cm³/mol. The highest BCUT2D eigenvalue weighted by molar-refractivity contribution is 5.12. The van der Waals surface area contributed by atoms with Gasteiger partial charge in [-0.1, -0.05) is 19.0 Å². The molecule has 0 saturated carbocycles. The van der Waals surface area contributed by atoms with E-state index in [1.807, 2.05) is 0 Å². The molecule has 1 aromatic heterocycles. The van der Waals surface area contributed by atoms with Crippen LogP contribution in [0.15, 0.2) is 10.6 Å². The van der Waals surface area contributed by atoms with Crippen LogP contribution in [-0.2, 0) is 22.4 Å². The summed E-state index contributed by atoms with van der Waals surface area (Å²) in [6, 6.07) is 2.10. The number of nitrogens with zero attached hydrogens (tertiary/aromatic N) is 2. The van der Waals surface area contributed by atoms with E-state index in [1.54, 1.807) is 0 Å². The normalized spacial score (nSPS) is 21.5. The van der Waals surface area contributed by atoms with Crippen molar-refractivity contribution in [2.24, 2.45) is 5.92 Å². The molecule has 3 heterocycles. The number of nitrogens with one attached hydrogen (secondary N) is 1. The third kappa shape index (κ3) is 4.76. The molecule has 1 N–H and O–H groups in total. The molecule has 0 aromatic carbocycles. The Balaban J connectivity index is 1.50. The fourth-order valence-corrected chi connectivity index (χ4v) is 3.08. The van der Waals surface area contributed by atoms with Gasteiger partial charge in [-0.15, -0.1) is 0 Å².